The zero-order valence-electron chi connectivity index (χ0n) is 4.85. The van der Waals surface area contributed by atoms with E-state index in [1.165, 1.54) is 4.91 Å². The lowest BCUT2D eigenvalue weighted by Gasteiger charge is -2.16. The van der Waals surface area contributed by atoms with Crippen molar-refractivity contribution >= 4 is 11.8 Å². The highest BCUT2D eigenvalue weighted by molar-refractivity contribution is 8.03. The lowest BCUT2D eigenvalue weighted by Crippen LogP contribution is -2.36. The average Bonchev–Trinajstić information content (AvgIpc) is 1.64. The minimum absolute atomic E-state index is 0.111. The topological polar surface area (TPSA) is 38.0 Å². The number of nitrogens with two attached hydrogens (primary N) is 1. The summed E-state index contributed by atoms with van der Waals surface area (Å²) in [6.07, 6.45) is 2.13. The summed E-state index contributed by atoms with van der Waals surface area (Å²) in [6, 6.07) is 0. The van der Waals surface area contributed by atoms with Crippen LogP contribution in [0.15, 0.2) is 11.0 Å². The van der Waals surface area contributed by atoms with Crippen LogP contribution in [0.4, 0.5) is 0 Å². The molecule has 3 N–H and O–H groups in total. The first-order valence-corrected chi connectivity index (χ1v) is 3.49. The summed E-state index contributed by atoms with van der Waals surface area (Å²) in [7, 11) is 0. The Hall–Kier alpha value is 0.0100. The molecule has 0 amide bonds. The van der Waals surface area contributed by atoms with Crippen molar-refractivity contribution in [2.24, 2.45) is 5.73 Å². The minimum Gasteiger partial charge on any atom is -0.307 e. The van der Waals surface area contributed by atoms with Gasteiger partial charge < -0.3 is 5.73 Å². The molecule has 0 aliphatic carbocycles. The first-order valence-electron chi connectivity index (χ1n) is 2.61. The molecule has 0 spiro atoms. The number of allylic oxidation sites excluding steroid dienone is 1. The van der Waals surface area contributed by atoms with Crippen molar-refractivity contribution in [2.75, 3.05) is 6.54 Å². The minimum atomic E-state index is 0.111. The van der Waals surface area contributed by atoms with E-state index in [1.807, 2.05) is 0 Å². The summed E-state index contributed by atoms with van der Waals surface area (Å²) in [5.74, 6) is 0. The largest absolute Gasteiger partial charge is 0.307 e. The molecule has 1 unspecified atom stereocenters. The molecule has 1 heterocycles. The van der Waals surface area contributed by atoms with E-state index >= 15 is 0 Å². The van der Waals surface area contributed by atoms with Crippen LogP contribution >= 0.6 is 11.8 Å². The van der Waals surface area contributed by atoms with Crippen LogP contribution in [0.1, 0.15) is 6.92 Å². The second kappa shape index (κ2) is 2.53. The molecule has 3 heteroatoms. The maximum absolute atomic E-state index is 5.54. The molecule has 0 aromatic carbocycles. The Labute approximate surface area is 53.5 Å². The Bertz CT molecular complexity index is 111. The summed E-state index contributed by atoms with van der Waals surface area (Å²) in [5.41, 5.74) is 5.65. The second-order valence-electron chi connectivity index (χ2n) is 1.76. The Morgan fingerprint density at radius 1 is 2.00 bits per heavy atom. The first-order chi connectivity index (χ1) is 3.79. The van der Waals surface area contributed by atoms with Crippen LogP contribution in [0.2, 0.25) is 0 Å². The molecule has 1 atom stereocenters. The van der Waals surface area contributed by atoms with Gasteiger partial charge in [-0.05, 0) is 11.8 Å². The van der Waals surface area contributed by atoms with Crippen LogP contribution in [0, 0.1) is 0 Å². The van der Waals surface area contributed by atoms with Gasteiger partial charge in [0.2, 0.25) is 0 Å². The number of thioether (sulfide) groups is 1. The molecular formula is C5H10N2S. The van der Waals surface area contributed by atoms with Gasteiger partial charge in [-0.2, -0.15) is 0 Å². The van der Waals surface area contributed by atoms with Crippen molar-refractivity contribution in [2.45, 2.75) is 12.4 Å². The molecule has 2 nitrogen and oxygen atoms in total. The molecule has 0 aromatic heterocycles. The standard InChI is InChI=1S/C5H10N2S/c1-4-2-3-7-5(6)8-4/h2,5,7H,3,6H2,1H3. The van der Waals surface area contributed by atoms with Gasteiger partial charge >= 0.3 is 0 Å². The van der Waals surface area contributed by atoms with Gasteiger partial charge in [0.25, 0.3) is 0 Å². The van der Waals surface area contributed by atoms with Gasteiger partial charge in [-0.25, -0.2) is 0 Å². The van der Waals surface area contributed by atoms with E-state index in [1.54, 1.807) is 11.8 Å². The highest BCUT2D eigenvalue weighted by Crippen LogP contribution is 2.18. The number of hydrogen-bond acceptors (Lipinski definition) is 3. The average molecular weight is 130 g/mol. The maximum Gasteiger partial charge on any atom is 0.107 e. The van der Waals surface area contributed by atoms with Gasteiger partial charge in [0.05, 0.1) is 0 Å². The van der Waals surface area contributed by atoms with Crippen LogP contribution in [0.25, 0.3) is 0 Å². The smallest absolute Gasteiger partial charge is 0.107 e. The van der Waals surface area contributed by atoms with Crippen LogP contribution in [-0.2, 0) is 0 Å². The van der Waals surface area contributed by atoms with Crippen LogP contribution in [0.3, 0.4) is 0 Å². The predicted octanol–water partition coefficient (Wildman–Crippen LogP) is 0.469. The van der Waals surface area contributed by atoms with E-state index in [0.29, 0.717) is 0 Å². The van der Waals surface area contributed by atoms with E-state index in [4.69, 9.17) is 5.73 Å². The Balaban J connectivity index is 2.45. The summed E-state index contributed by atoms with van der Waals surface area (Å²) in [4.78, 5) is 1.32. The third kappa shape index (κ3) is 1.51. The van der Waals surface area contributed by atoms with Crippen molar-refractivity contribution in [3.05, 3.63) is 11.0 Å². The summed E-state index contributed by atoms with van der Waals surface area (Å²) in [5, 5.41) is 3.08. The van der Waals surface area contributed by atoms with E-state index < -0.39 is 0 Å². The molecule has 8 heavy (non-hydrogen) atoms. The highest BCUT2D eigenvalue weighted by Gasteiger charge is 2.05. The van der Waals surface area contributed by atoms with E-state index in [-0.39, 0.29) is 5.50 Å². The Morgan fingerprint density at radius 2 is 2.75 bits per heavy atom. The van der Waals surface area contributed by atoms with E-state index in [0.717, 1.165) is 6.54 Å². The van der Waals surface area contributed by atoms with E-state index in [9.17, 15) is 0 Å². The van der Waals surface area contributed by atoms with Crippen LogP contribution in [-0.4, -0.2) is 12.0 Å². The maximum atomic E-state index is 5.54. The monoisotopic (exact) mass is 130 g/mol. The Kier molecular flexibility index (Phi) is 1.94. The Morgan fingerprint density at radius 3 is 3.12 bits per heavy atom. The zero-order chi connectivity index (χ0) is 5.98. The van der Waals surface area contributed by atoms with Crippen molar-refractivity contribution in [1.29, 1.82) is 0 Å². The fourth-order valence-corrected chi connectivity index (χ4v) is 1.37. The molecule has 0 fully saturated rings. The van der Waals surface area contributed by atoms with Gasteiger partial charge in [-0.1, -0.05) is 17.8 Å². The van der Waals surface area contributed by atoms with Crippen molar-refractivity contribution in [1.82, 2.24) is 5.32 Å². The predicted molar refractivity (Wildman–Crippen MR) is 37.3 cm³/mol. The quantitative estimate of drug-likeness (QED) is 0.500. The van der Waals surface area contributed by atoms with Gasteiger partial charge in [0, 0.05) is 6.54 Å². The van der Waals surface area contributed by atoms with Gasteiger partial charge in [-0.3, -0.25) is 5.32 Å². The zero-order valence-corrected chi connectivity index (χ0v) is 5.66. The van der Waals surface area contributed by atoms with Gasteiger partial charge in [0.1, 0.15) is 5.50 Å². The first kappa shape index (κ1) is 6.13. The molecule has 1 rings (SSSR count). The molecule has 0 radical (unpaired) electrons. The van der Waals surface area contributed by atoms with Gasteiger partial charge in [0.15, 0.2) is 0 Å². The molecule has 0 bridgehead atoms. The summed E-state index contributed by atoms with van der Waals surface area (Å²) < 4.78 is 0. The van der Waals surface area contributed by atoms with Crippen LogP contribution < -0.4 is 11.1 Å². The number of rotatable bonds is 0. The third-order valence-electron chi connectivity index (χ3n) is 1.02. The number of nitrogens with one attached hydrogen (secondary N) is 1. The fraction of sp³-hybridized carbons (Fsp3) is 0.600. The summed E-state index contributed by atoms with van der Waals surface area (Å²) >= 11 is 1.67. The van der Waals surface area contributed by atoms with Crippen molar-refractivity contribution < 1.29 is 0 Å². The second-order valence-corrected chi connectivity index (χ2v) is 3.15. The SMILES string of the molecule is CC1=CCNC(N)S1. The lowest BCUT2D eigenvalue weighted by molar-refractivity contribution is 0.719. The normalized spacial score (nSPS) is 29.8. The van der Waals surface area contributed by atoms with Crippen molar-refractivity contribution in [3.8, 4) is 0 Å². The third-order valence-corrected chi connectivity index (χ3v) is 1.98. The fourth-order valence-electron chi connectivity index (χ4n) is 0.609. The molecule has 0 saturated carbocycles. The lowest BCUT2D eigenvalue weighted by atomic mass is 10.5. The molecule has 46 valence electrons. The van der Waals surface area contributed by atoms with Gasteiger partial charge in [-0.15, -0.1) is 0 Å². The van der Waals surface area contributed by atoms with E-state index in [2.05, 4.69) is 18.3 Å². The number of hydrogen-bond donors (Lipinski definition) is 2. The summed E-state index contributed by atoms with van der Waals surface area (Å²) in [6.45, 7) is 2.99. The molecule has 0 saturated heterocycles. The molecule has 1 aliphatic heterocycles. The molecule has 1 aliphatic rings. The highest BCUT2D eigenvalue weighted by atomic mass is 32.2. The van der Waals surface area contributed by atoms with Crippen LogP contribution in [0.5, 0.6) is 0 Å². The van der Waals surface area contributed by atoms with Crippen molar-refractivity contribution in [3.63, 3.8) is 0 Å². The molecular weight excluding hydrogens is 120 g/mol. The molecule has 0 aromatic rings.